The molecule has 0 bridgehead atoms. The highest BCUT2D eigenvalue weighted by molar-refractivity contribution is 7.76. The molecule has 0 spiro atoms. The summed E-state index contributed by atoms with van der Waals surface area (Å²) in [5.74, 6) is 0. The van der Waals surface area contributed by atoms with Crippen LogP contribution in [0.1, 0.15) is 49.9 Å². The average Bonchev–Trinajstić information content (AvgIpc) is 2.96. The van der Waals surface area contributed by atoms with Gasteiger partial charge in [0, 0.05) is 0 Å². The highest BCUT2D eigenvalue weighted by atomic mass is 31.1. The van der Waals surface area contributed by atoms with Crippen LogP contribution in [-0.4, -0.2) is 12.3 Å². The molecule has 0 saturated heterocycles. The van der Waals surface area contributed by atoms with Crippen LogP contribution < -0.4 is 21.2 Å². The van der Waals surface area contributed by atoms with Crippen LogP contribution >= 0.6 is 15.8 Å². The Balaban J connectivity index is 1.71. The van der Waals surface area contributed by atoms with Crippen molar-refractivity contribution in [2.75, 3.05) is 12.3 Å². The summed E-state index contributed by atoms with van der Waals surface area (Å²) in [7, 11) is -1.06. The van der Waals surface area contributed by atoms with E-state index in [-0.39, 0.29) is 0 Å². The van der Waals surface area contributed by atoms with E-state index in [0.29, 0.717) is 0 Å². The van der Waals surface area contributed by atoms with Gasteiger partial charge in [-0.1, -0.05) is 146 Å². The van der Waals surface area contributed by atoms with Crippen LogP contribution in [0.25, 0.3) is 22.3 Å². The Labute approximate surface area is 244 Å². The Bertz CT molecular complexity index is 1270. The molecular weight excluding hydrogens is 518 g/mol. The van der Waals surface area contributed by atoms with Gasteiger partial charge in [-0.25, -0.2) is 0 Å². The molecule has 2 heteroatoms. The number of hydrogen-bond acceptors (Lipinski definition) is 0. The Morgan fingerprint density at radius 1 is 0.375 bits per heavy atom. The highest BCUT2D eigenvalue weighted by Crippen LogP contribution is 2.42. The molecular formula is C38H40P2. The molecule has 0 unspecified atom stereocenters. The van der Waals surface area contributed by atoms with Crippen molar-refractivity contribution in [3.8, 4) is 0 Å². The maximum atomic E-state index is 4.13. The van der Waals surface area contributed by atoms with Gasteiger partial charge in [0.1, 0.15) is 0 Å². The van der Waals surface area contributed by atoms with Crippen molar-refractivity contribution in [2.45, 2.75) is 27.7 Å². The molecule has 4 aromatic rings. The molecule has 4 rings (SSSR count). The quantitative estimate of drug-likeness (QED) is 0.161. The van der Waals surface area contributed by atoms with Crippen molar-refractivity contribution in [1.82, 2.24) is 0 Å². The second-order valence-corrected chi connectivity index (χ2v) is 15.3. The van der Waals surface area contributed by atoms with Gasteiger partial charge in [0.15, 0.2) is 0 Å². The molecule has 0 aliphatic rings. The Hall–Kier alpha value is -3.30. The van der Waals surface area contributed by atoms with Crippen molar-refractivity contribution < 1.29 is 0 Å². The molecule has 0 radical (unpaired) electrons. The molecule has 0 aliphatic carbocycles. The molecule has 0 aliphatic heterocycles. The summed E-state index contributed by atoms with van der Waals surface area (Å²) in [5.41, 5.74) is 9.21. The summed E-state index contributed by atoms with van der Waals surface area (Å²) < 4.78 is 0. The Kier molecular flexibility index (Phi) is 9.92. The molecule has 0 aromatic heterocycles. The monoisotopic (exact) mass is 558 g/mol. The van der Waals surface area contributed by atoms with E-state index >= 15 is 0 Å². The van der Waals surface area contributed by atoms with Gasteiger partial charge in [0.05, 0.1) is 0 Å². The van der Waals surface area contributed by atoms with E-state index in [2.05, 4.69) is 151 Å². The fourth-order valence-corrected chi connectivity index (χ4v) is 9.98. The zero-order valence-electron chi connectivity index (χ0n) is 24.4. The summed E-state index contributed by atoms with van der Waals surface area (Å²) in [5, 5.41) is 5.64. The summed E-state index contributed by atoms with van der Waals surface area (Å²) in [6.07, 6.45) is 2.23. The molecule has 0 saturated carbocycles. The first kappa shape index (κ1) is 29.7. The van der Waals surface area contributed by atoms with Gasteiger partial charge in [-0.15, -0.1) is 0 Å². The lowest BCUT2D eigenvalue weighted by atomic mass is 10.1. The normalized spacial score (nSPS) is 11.1. The van der Waals surface area contributed by atoms with Crippen molar-refractivity contribution >= 4 is 59.4 Å². The van der Waals surface area contributed by atoms with Crippen LogP contribution in [0.15, 0.2) is 123 Å². The second-order valence-electron chi connectivity index (χ2n) is 10.6. The third-order valence-corrected chi connectivity index (χ3v) is 12.6. The van der Waals surface area contributed by atoms with E-state index in [0.717, 1.165) is 34.6 Å². The fraction of sp³-hybridized carbons (Fsp3) is 0.158. The molecule has 0 fully saturated rings. The van der Waals surface area contributed by atoms with Crippen molar-refractivity contribution in [3.63, 3.8) is 0 Å². The maximum absolute atomic E-state index is 4.13. The lowest BCUT2D eigenvalue weighted by Crippen LogP contribution is -2.20. The summed E-state index contributed by atoms with van der Waals surface area (Å²) in [6, 6.07) is 36.3. The molecule has 0 atom stereocenters. The van der Waals surface area contributed by atoms with E-state index in [9.17, 15) is 0 Å². The standard InChI is InChI=1S/C38H40P2/c1-27(2)31-9-17-35(18-10-31)39(36-19-11-32(12-20-36)28(3)4)25-26-40(37-21-13-33(14-22-37)29(5)6)38-23-15-34(16-24-38)30(7)8/h9-24H,1,3,5,7,25-26H2,2,4,6,8H3. The van der Waals surface area contributed by atoms with Crippen molar-refractivity contribution in [1.29, 1.82) is 0 Å². The molecule has 0 amide bonds. The SMILES string of the molecule is C=C(C)c1ccc(P(CCP(c2ccc(C(=C)C)cc2)c2ccc(C(=C)C)cc2)c2ccc(C(=C)C)cc2)cc1. The van der Waals surface area contributed by atoms with Crippen LogP contribution in [0.3, 0.4) is 0 Å². The average molecular weight is 559 g/mol. The summed E-state index contributed by atoms with van der Waals surface area (Å²) in [6.45, 7) is 24.8. The Morgan fingerprint density at radius 3 is 0.700 bits per heavy atom. The number of benzene rings is 4. The fourth-order valence-electron chi connectivity index (χ4n) is 4.72. The van der Waals surface area contributed by atoms with Gasteiger partial charge in [-0.3, -0.25) is 0 Å². The zero-order valence-corrected chi connectivity index (χ0v) is 26.2. The second kappa shape index (κ2) is 13.4. The predicted molar refractivity (Wildman–Crippen MR) is 187 cm³/mol. The molecule has 0 nitrogen and oxygen atoms in total. The first-order valence-electron chi connectivity index (χ1n) is 13.7. The number of hydrogen-bond donors (Lipinski definition) is 0. The summed E-state index contributed by atoms with van der Waals surface area (Å²) in [4.78, 5) is 0. The highest BCUT2D eigenvalue weighted by Gasteiger charge is 2.20. The molecule has 4 aromatic carbocycles. The smallest absolute Gasteiger partial charge is 0.0195 e. The lowest BCUT2D eigenvalue weighted by Gasteiger charge is -2.25. The van der Waals surface area contributed by atoms with E-state index in [1.807, 2.05) is 0 Å². The Morgan fingerprint density at radius 2 is 0.550 bits per heavy atom. The third kappa shape index (κ3) is 7.26. The minimum atomic E-state index is -0.532. The van der Waals surface area contributed by atoms with Gasteiger partial charge < -0.3 is 0 Å². The van der Waals surface area contributed by atoms with Gasteiger partial charge in [-0.2, -0.15) is 0 Å². The topological polar surface area (TPSA) is 0 Å². The maximum Gasteiger partial charge on any atom is -0.0195 e. The first-order valence-corrected chi connectivity index (χ1v) is 16.8. The van der Waals surface area contributed by atoms with Gasteiger partial charge in [0.2, 0.25) is 0 Å². The minimum absolute atomic E-state index is 0.532. The lowest BCUT2D eigenvalue weighted by molar-refractivity contribution is 1.50. The van der Waals surface area contributed by atoms with E-state index < -0.39 is 15.8 Å². The summed E-state index contributed by atoms with van der Waals surface area (Å²) >= 11 is 0. The van der Waals surface area contributed by atoms with Crippen LogP contribution in [0.5, 0.6) is 0 Å². The van der Waals surface area contributed by atoms with Crippen LogP contribution in [0.4, 0.5) is 0 Å². The van der Waals surface area contributed by atoms with E-state index in [1.165, 1.54) is 43.5 Å². The molecule has 0 heterocycles. The van der Waals surface area contributed by atoms with E-state index in [1.54, 1.807) is 0 Å². The zero-order chi connectivity index (χ0) is 28.8. The predicted octanol–water partition coefficient (Wildman–Crippen LogP) is 9.38. The largest absolute Gasteiger partial charge is 0.0955 e. The van der Waals surface area contributed by atoms with Crippen LogP contribution in [0.2, 0.25) is 0 Å². The number of rotatable bonds is 11. The minimum Gasteiger partial charge on any atom is -0.0955 e. The van der Waals surface area contributed by atoms with Gasteiger partial charge in [0.25, 0.3) is 0 Å². The van der Waals surface area contributed by atoms with Crippen LogP contribution in [0, 0.1) is 0 Å². The molecule has 40 heavy (non-hydrogen) atoms. The third-order valence-electron chi connectivity index (χ3n) is 7.23. The van der Waals surface area contributed by atoms with Gasteiger partial charge in [-0.05, 0) is 99.3 Å². The van der Waals surface area contributed by atoms with Crippen molar-refractivity contribution in [3.05, 3.63) is 146 Å². The van der Waals surface area contributed by atoms with Crippen LogP contribution in [-0.2, 0) is 0 Å². The molecule has 0 N–H and O–H groups in total. The number of allylic oxidation sites excluding steroid dienone is 4. The van der Waals surface area contributed by atoms with E-state index in [4.69, 9.17) is 0 Å². The molecule has 202 valence electrons. The first-order chi connectivity index (χ1) is 19.1. The van der Waals surface area contributed by atoms with Gasteiger partial charge >= 0.3 is 0 Å². The van der Waals surface area contributed by atoms with Crippen molar-refractivity contribution in [2.24, 2.45) is 0 Å².